The SMILES string of the molecule is COc1cccc(OC)c1COC(=O)N1CCN(Cc2cncn2CC2=CCC(C)(C#N)C=C2)CC1. The second-order valence-corrected chi connectivity index (χ2v) is 9.32. The number of allylic oxidation sites excluding steroid dienone is 4. The molecule has 1 atom stereocenters. The van der Waals surface area contributed by atoms with Gasteiger partial charge in [-0.05, 0) is 31.1 Å². The summed E-state index contributed by atoms with van der Waals surface area (Å²) in [6.45, 7) is 6.21. The third-order valence-electron chi connectivity index (χ3n) is 6.75. The highest BCUT2D eigenvalue weighted by atomic mass is 16.6. The number of amides is 1. The number of aromatic nitrogens is 2. The summed E-state index contributed by atoms with van der Waals surface area (Å²) in [6.07, 6.45) is 10.3. The molecule has 190 valence electrons. The highest BCUT2D eigenvalue weighted by Gasteiger charge is 2.25. The third kappa shape index (κ3) is 5.89. The predicted octanol–water partition coefficient (Wildman–Crippen LogP) is 3.77. The van der Waals surface area contributed by atoms with Crippen LogP contribution in [0.5, 0.6) is 11.5 Å². The van der Waals surface area contributed by atoms with Gasteiger partial charge >= 0.3 is 6.09 Å². The lowest BCUT2D eigenvalue weighted by atomic mass is 9.83. The van der Waals surface area contributed by atoms with E-state index in [9.17, 15) is 10.1 Å². The molecule has 1 aliphatic heterocycles. The molecule has 1 aliphatic carbocycles. The maximum atomic E-state index is 12.7. The predicted molar refractivity (Wildman–Crippen MR) is 134 cm³/mol. The zero-order valence-electron chi connectivity index (χ0n) is 21.1. The number of benzene rings is 1. The van der Waals surface area contributed by atoms with Crippen LogP contribution >= 0.6 is 0 Å². The van der Waals surface area contributed by atoms with Crippen LogP contribution in [0.15, 0.2) is 54.5 Å². The molecule has 0 radical (unpaired) electrons. The van der Waals surface area contributed by atoms with Crippen molar-refractivity contribution in [2.24, 2.45) is 5.41 Å². The Balaban J connectivity index is 1.27. The Bertz CT molecular complexity index is 1150. The van der Waals surface area contributed by atoms with Crippen molar-refractivity contribution in [3.05, 3.63) is 65.8 Å². The van der Waals surface area contributed by atoms with Gasteiger partial charge in [0.05, 0.1) is 43.3 Å². The molecule has 0 spiro atoms. The maximum absolute atomic E-state index is 12.7. The molecule has 1 aromatic carbocycles. The second kappa shape index (κ2) is 11.3. The van der Waals surface area contributed by atoms with E-state index in [4.69, 9.17) is 14.2 Å². The molecule has 4 rings (SSSR count). The minimum Gasteiger partial charge on any atom is -0.496 e. The van der Waals surface area contributed by atoms with Crippen LogP contribution < -0.4 is 9.47 Å². The summed E-state index contributed by atoms with van der Waals surface area (Å²) in [6, 6.07) is 7.83. The van der Waals surface area contributed by atoms with Gasteiger partial charge in [0.25, 0.3) is 0 Å². The highest BCUT2D eigenvalue weighted by molar-refractivity contribution is 5.68. The Morgan fingerprint density at radius 1 is 1.14 bits per heavy atom. The maximum Gasteiger partial charge on any atom is 0.410 e. The van der Waals surface area contributed by atoms with Gasteiger partial charge in [0.1, 0.15) is 18.1 Å². The Morgan fingerprint density at radius 3 is 2.47 bits per heavy atom. The number of carbonyl (C=O) groups excluding carboxylic acids is 1. The van der Waals surface area contributed by atoms with Crippen LogP contribution in [0.3, 0.4) is 0 Å². The molecule has 0 N–H and O–H groups in total. The summed E-state index contributed by atoms with van der Waals surface area (Å²) in [5.74, 6) is 1.25. The van der Waals surface area contributed by atoms with Gasteiger partial charge < -0.3 is 23.7 Å². The Labute approximate surface area is 212 Å². The second-order valence-electron chi connectivity index (χ2n) is 9.32. The standard InChI is InChI=1S/C27H33N5O4/c1-27(19-28)9-7-21(8-10-27)16-32-20-29-15-22(32)17-30-11-13-31(14-12-30)26(33)36-18-23-24(34-2)5-4-6-25(23)35-3/h4-9,15,20H,10-14,16-18H2,1-3H3. The third-order valence-corrected chi connectivity index (χ3v) is 6.75. The van der Waals surface area contributed by atoms with Crippen molar-refractivity contribution in [2.75, 3.05) is 40.4 Å². The molecule has 1 saturated heterocycles. The lowest BCUT2D eigenvalue weighted by molar-refractivity contribution is 0.0686. The average molecular weight is 492 g/mol. The first-order valence-electron chi connectivity index (χ1n) is 12.1. The molecule has 9 nitrogen and oxygen atoms in total. The fourth-order valence-electron chi connectivity index (χ4n) is 4.40. The Morgan fingerprint density at radius 2 is 1.86 bits per heavy atom. The van der Waals surface area contributed by atoms with Crippen molar-refractivity contribution >= 4 is 6.09 Å². The summed E-state index contributed by atoms with van der Waals surface area (Å²) in [4.78, 5) is 21.1. The van der Waals surface area contributed by atoms with Gasteiger partial charge in [0.2, 0.25) is 0 Å². The van der Waals surface area contributed by atoms with Crippen LogP contribution in [0.1, 0.15) is 24.6 Å². The number of piperazine rings is 1. The van der Waals surface area contributed by atoms with Gasteiger partial charge in [-0.2, -0.15) is 5.26 Å². The number of nitriles is 1. The lowest BCUT2D eigenvalue weighted by Gasteiger charge is -2.34. The van der Waals surface area contributed by atoms with Crippen molar-refractivity contribution in [1.82, 2.24) is 19.4 Å². The summed E-state index contributed by atoms with van der Waals surface area (Å²) in [5, 5.41) is 9.30. The highest BCUT2D eigenvalue weighted by Crippen LogP contribution is 2.30. The molecule has 1 amide bonds. The van der Waals surface area contributed by atoms with Gasteiger partial charge in [-0.25, -0.2) is 9.78 Å². The first kappa shape index (κ1) is 25.3. The molecule has 36 heavy (non-hydrogen) atoms. The number of methoxy groups -OCH3 is 2. The van der Waals surface area contributed by atoms with E-state index in [1.165, 1.54) is 5.57 Å². The van der Waals surface area contributed by atoms with Crippen LogP contribution in [-0.4, -0.2) is 65.8 Å². The van der Waals surface area contributed by atoms with E-state index in [-0.39, 0.29) is 12.7 Å². The molecule has 2 heterocycles. The van der Waals surface area contributed by atoms with E-state index < -0.39 is 5.41 Å². The van der Waals surface area contributed by atoms with E-state index in [2.05, 4.69) is 26.6 Å². The van der Waals surface area contributed by atoms with Crippen LogP contribution in [0.2, 0.25) is 0 Å². The summed E-state index contributed by atoms with van der Waals surface area (Å²) in [7, 11) is 3.16. The lowest BCUT2D eigenvalue weighted by Crippen LogP contribution is -2.48. The topological polar surface area (TPSA) is 92.8 Å². The number of rotatable bonds is 8. The van der Waals surface area contributed by atoms with E-state index in [0.717, 1.165) is 38.3 Å². The van der Waals surface area contributed by atoms with Gasteiger partial charge in [-0.1, -0.05) is 24.3 Å². The number of imidazole rings is 1. The quantitative estimate of drug-likeness (QED) is 0.555. The van der Waals surface area contributed by atoms with Gasteiger partial charge in [-0.3, -0.25) is 4.90 Å². The van der Waals surface area contributed by atoms with Crippen LogP contribution in [0, 0.1) is 16.7 Å². The van der Waals surface area contributed by atoms with Crippen molar-refractivity contribution in [3.63, 3.8) is 0 Å². The van der Waals surface area contributed by atoms with E-state index in [0.29, 0.717) is 30.2 Å². The summed E-state index contributed by atoms with van der Waals surface area (Å²) < 4.78 is 18.5. The van der Waals surface area contributed by atoms with Crippen molar-refractivity contribution < 1.29 is 19.0 Å². The fourth-order valence-corrected chi connectivity index (χ4v) is 4.40. The largest absolute Gasteiger partial charge is 0.496 e. The molecular weight excluding hydrogens is 458 g/mol. The van der Waals surface area contributed by atoms with Crippen LogP contribution in [-0.2, 0) is 24.4 Å². The molecule has 2 aliphatic rings. The van der Waals surface area contributed by atoms with Gasteiger partial charge in [0.15, 0.2) is 0 Å². The smallest absolute Gasteiger partial charge is 0.410 e. The number of carbonyl (C=O) groups is 1. The molecule has 1 aromatic heterocycles. The molecule has 2 aromatic rings. The first-order chi connectivity index (χ1) is 17.4. The zero-order valence-corrected chi connectivity index (χ0v) is 21.1. The molecule has 0 bridgehead atoms. The summed E-state index contributed by atoms with van der Waals surface area (Å²) >= 11 is 0. The van der Waals surface area contributed by atoms with E-state index in [1.54, 1.807) is 19.1 Å². The van der Waals surface area contributed by atoms with Gasteiger partial charge in [0, 0.05) is 45.5 Å². The molecule has 0 saturated carbocycles. The van der Waals surface area contributed by atoms with Crippen LogP contribution in [0.4, 0.5) is 4.79 Å². The minimum absolute atomic E-state index is 0.0865. The van der Waals surface area contributed by atoms with E-state index in [1.807, 2.05) is 49.8 Å². The molecular formula is C27H33N5O4. The number of hydrogen-bond acceptors (Lipinski definition) is 7. The minimum atomic E-state index is -0.415. The Kier molecular flexibility index (Phi) is 7.96. The molecule has 1 fully saturated rings. The fraction of sp³-hybridized carbons (Fsp3) is 0.444. The molecule has 1 unspecified atom stereocenters. The normalized spacial score (nSPS) is 19.9. The van der Waals surface area contributed by atoms with E-state index >= 15 is 0 Å². The number of nitrogens with zero attached hydrogens (tertiary/aromatic N) is 5. The van der Waals surface area contributed by atoms with Crippen molar-refractivity contribution in [3.8, 4) is 17.6 Å². The number of ether oxygens (including phenoxy) is 3. The van der Waals surface area contributed by atoms with Crippen LogP contribution in [0.25, 0.3) is 0 Å². The zero-order chi connectivity index (χ0) is 25.5. The van der Waals surface area contributed by atoms with Crippen molar-refractivity contribution in [2.45, 2.75) is 33.0 Å². The average Bonchev–Trinajstić information content (AvgIpc) is 3.35. The Hall–Kier alpha value is -3.77. The summed E-state index contributed by atoms with van der Waals surface area (Å²) in [5.41, 5.74) is 2.60. The monoisotopic (exact) mass is 491 g/mol. The van der Waals surface area contributed by atoms with Gasteiger partial charge in [-0.15, -0.1) is 0 Å². The van der Waals surface area contributed by atoms with Crippen molar-refractivity contribution in [1.29, 1.82) is 5.26 Å². The first-order valence-corrected chi connectivity index (χ1v) is 12.1. The molecule has 9 heteroatoms. The number of hydrogen-bond donors (Lipinski definition) is 0.